The summed E-state index contributed by atoms with van der Waals surface area (Å²) in [5, 5.41) is 12.4. The number of hydrogen-bond acceptors (Lipinski definition) is 6. The molecule has 0 bridgehead atoms. The molecule has 134 valence electrons. The second-order valence-electron chi connectivity index (χ2n) is 5.04. The van der Waals surface area contributed by atoms with Crippen molar-refractivity contribution in [2.75, 3.05) is 6.61 Å². The van der Waals surface area contributed by atoms with Crippen LogP contribution in [0.25, 0.3) is 0 Å². The van der Waals surface area contributed by atoms with Gasteiger partial charge in [-0.2, -0.15) is 5.10 Å². The molecule has 9 nitrogen and oxygen atoms in total. The molecule has 26 heavy (non-hydrogen) atoms. The van der Waals surface area contributed by atoms with Gasteiger partial charge in [-0.25, -0.2) is 10.9 Å². The number of nitrogens with zero attached hydrogens (tertiary/aromatic N) is 1. The maximum atomic E-state index is 12.0. The lowest BCUT2D eigenvalue weighted by Crippen LogP contribution is -2.20. The van der Waals surface area contributed by atoms with Crippen LogP contribution in [0.4, 0.5) is 0 Å². The summed E-state index contributed by atoms with van der Waals surface area (Å²) in [6.45, 7) is -0.206. The summed E-state index contributed by atoms with van der Waals surface area (Å²) in [6.07, 6.45) is 1.43. The number of carbonyl (C=O) groups excluding carboxylic acids is 3. The molecule has 0 radical (unpaired) electrons. The highest BCUT2D eigenvalue weighted by Crippen LogP contribution is 2.10. The van der Waals surface area contributed by atoms with Crippen molar-refractivity contribution in [1.29, 1.82) is 0 Å². The molecule has 0 saturated carbocycles. The van der Waals surface area contributed by atoms with Crippen molar-refractivity contribution in [3.63, 3.8) is 0 Å². The van der Waals surface area contributed by atoms with Crippen molar-refractivity contribution in [1.82, 2.24) is 10.9 Å². The number of amides is 3. The number of hydrazone groups is 1. The van der Waals surface area contributed by atoms with Gasteiger partial charge >= 0.3 is 0 Å². The van der Waals surface area contributed by atoms with Crippen LogP contribution in [0.2, 0.25) is 0 Å². The summed E-state index contributed by atoms with van der Waals surface area (Å²) in [5.74, 6) is -1.21. The standard InChI is InChI=1S/C17H16N4O5/c18-15(22)10-26-14-7-1-11(2-8-14)9-19-20-16(23)12-3-5-13(6-4-12)17(24)21-25/h1-9,25H,10H2,(H2,18,22)(H,20,23)(H,21,24)/b19-9+. The molecule has 0 aliphatic carbocycles. The van der Waals surface area contributed by atoms with Crippen LogP contribution in [-0.4, -0.2) is 35.8 Å². The van der Waals surface area contributed by atoms with Crippen LogP contribution < -0.4 is 21.4 Å². The zero-order valence-electron chi connectivity index (χ0n) is 13.5. The summed E-state index contributed by atoms with van der Waals surface area (Å²) in [6, 6.07) is 12.3. The third kappa shape index (κ3) is 5.42. The van der Waals surface area contributed by atoms with E-state index in [9.17, 15) is 14.4 Å². The molecule has 2 aromatic rings. The second kappa shape index (κ2) is 8.94. The van der Waals surface area contributed by atoms with Gasteiger partial charge in [0, 0.05) is 11.1 Å². The average Bonchev–Trinajstić information content (AvgIpc) is 2.66. The van der Waals surface area contributed by atoms with E-state index in [1.54, 1.807) is 24.3 Å². The van der Waals surface area contributed by atoms with E-state index in [1.807, 2.05) is 0 Å². The minimum absolute atomic E-state index is 0.206. The fraction of sp³-hybridized carbons (Fsp3) is 0.0588. The number of nitrogens with one attached hydrogen (secondary N) is 2. The Labute approximate surface area is 148 Å². The van der Waals surface area contributed by atoms with Crippen molar-refractivity contribution in [3.05, 3.63) is 65.2 Å². The lowest BCUT2D eigenvalue weighted by atomic mass is 10.1. The van der Waals surface area contributed by atoms with Crippen molar-refractivity contribution >= 4 is 23.9 Å². The van der Waals surface area contributed by atoms with Gasteiger partial charge in [-0.3, -0.25) is 19.6 Å². The second-order valence-corrected chi connectivity index (χ2v) is 5.04. The molecular weight excluding hydrogens is 340 g/mol. The molecule has 0 unspecified atom stereocenters. The van der Waals surface area contributed by atoms with Gasteiger partial charge in [0.2, 0.25) is 0 Å². The van der Waals surface area contributed by atoms with E-state index in [0.29, 0.717) is 16.9 Å². The normalized spacial score (nSPS) is 10.3. The minimum Gasteiger partial charge on any atom is -0.484 e. The van der Waals surface area contributed by atoms with Gasteiger partial charge in [-0.05, 0) is 54.1 Å². The molecule has 3 amide bonds. The summed E-state index contributed by atoms with van der Waals surface area (Å²) in [4.78, 5) is 33.8. The lowest BCUT2D eigenvalue weighted by molar-refractivity contribution is -0.119. The Morgan fingerprint density at radius 3 is 2.12 bits per heavy atom. The van der Waals surface area contributed by atoms with Gasteiger partial charge in [-0.15, -0.1) is 0 Å². The molecule has 0 atom stereocenters. The average molecular weight is 356 g/mol. The molecule has 2 rings (SSSR count). The molecule has 0 saturated heterocycles. The number of hydrogen-bond donors (Lipinski definition) is 4. The number of benzene rings is 2. The maximum Gasteiger partial charge on any atom is 0.274 e. The zero-order chi connectivity index (χ0) is 18.9. The van der Waals surface area contributed by atoms with Crippen LogP contribution in [0.3, 0.4) is 0 Å². The maximum absolute atomic E-state index is 12.0. The highest BCUT2D eigenvalue weighted by molar-refractivity contribution is 5.97. The number of ether oxygens (including phenoxy) is 1. The Morgan fingerprint density at radius 2 is 1.58 bits per heavy atom. The third-order valence-corrected chi connectivity index (χ3v) is 3.15. The molecule has 0 heterocycles. The Bertz CT molecular complexity index is 816. The molecule has 9 heteroatoms. The highest BCUT2D eigenvalue weighted by Gasteiger charge is 2.07. The molecule has 0 aliphatic rings. The lowest BCUT2D eigenvalue weighted by Gasteiger charge is -2.03. The monoisotopic (exact) mass is 356 g/mol. The summed E-state index contributed by atoms with van der Waals surface area (Å²) < 4.78 is 5.12. The first-order valence-corrected chi connectivity index (χ1v) is 7.38. The highest BCUT2D eigenvalue weighted by atomic mass is 16.5. The number of primary amides is 1. The van der Waals surface area contributed by atoms with E-state index in [2.05, 4.69) is 10.5 Å². The van der Waals surface area contributed by atoms with Crippen molar-refractivity contribution in [3.8, 4) is 5.75 Å². The van der Waals surface area contributed by atoms with Gasteiger partial charge in [0.05, 0.1) is 6.21 Å². The van der Waals surface area contributed by atoms with Gasteiger partial charge in [0.15, 0.2) is 6.61 Å². The molecule has 5 N–H and O–H groups in total. The van der Waals surface area contributed by atoms with Gasteiger partial charge in [-0.1, -0.05) is 0 Å². The van der Waals surface area contributed by atoms with Crippen molar-refractivity contribution < 1.29 is 24.3 Å². The first-order valence-electron chi connectivity index (χ1n) is 7.38. The molecule has 0 aliphatic heterocycles. The van der Waals surface area contributed by atoms with Crippen molar-refractivity contribution in [2.24, 2.45) is 10.8 Å². The van der Waals surface area contributed by atoms with Crippen LogP contribution in [-0.2, 0) is 4.79 Å². The predicted octanol–water partition coefficient (Wildman–Crippen LogP) is 0.434. The van der Waals surface area contributed by atoms with Gasteiger partial charge in [0.25, 0.3) is 17.7 Å². The summed E-state index contributed by atoms with van der Waals surface area (Å²) >= 11 is 0. The first kappa shape index (κ1) is 18.6. The summed E-state index contributed by atoms with van der Waals surface area (Å²) in [5.41, 5.74) is 10.1. The Balaban J connectivity index is 1.90. The van der Waals surface area contributed by atoms with E-state index in [-0.39, 0.29) is 12.2 Å². The Hall–Kier alpha value is -3.72. The molecule has 0 aromatic heterocycles. The SMILES string of the molecule is NC(=O)COc1ccc(/C=N/NC(=O)c2ccc(C(=O)NO)cc2)cc1. The fourth-order valence-electron chi connectivity index (χ4n) is 1.87. The van der Waals surface area contributed by atoms with E-state index >= 15 is 0 Å². The van der Waals surface area contributed by atoms with Crippen LogP contribution in [0.1, 0.15) is 26.3 Å². The number of nitrogens with two attached hydrogens (primary N) is 1. The Kier molecular flexibility index (Phi) is 6.40. The number of carbonyl (C=O) groups is 3. The van der Waals surface area contributed by atoms with Crippen LogP contribution in [0.15, 0.2) is 53.6 Å². The topological polar surface area (TPSA) is 143 Å². The van der Waals surface area contributed by atoms with Crippen molar-refractivity contribution in [2.45, 2.75) is 0 Å². The third-order valence-electron chi connectivity index (χ3n) is 3.15. The molecule has 0 fully saturated rings. The largest absolute Gasteiger partial charge is 0.484 e. The Morgan fingerprint density at radius 1 is 1.00 bits per heavy atom. The fourth-order valence-corrected chi connectivity index (χ4v) is 1.87. The van der Waals surface area contributed by atoms with Gasteiger partial charge in [0.1, 0.15) is 5.75 Å². The smallest absolute Gasteiger partial charge is 0.274 e. The molecule has 0 spiro atoms. The van der Waals surface area contributed by atoms with E-state index in [1.165, 1.54) is 36.0 Å². The van der Waals surface area contributed by atoms with Crippen LogP contribution in [0, 0.1) is 0 Å². The molecular formula is C17H16N4O5. The predicted molar refractivity (Wildman–Crippen MR) is 91.9 cm³/mol. The zero-order valence-corrected chi connectivity index (χ0v) is 13.5. The number of rotatable bonds is 7. The first-order chi connectivity index (χ1) is 12.5. The quantitative estimate of drug-likeness (QED) is 0.323. The minimum atomic E-state index is -0.668. The van der Waals surface area contributed by atoms with Crippen LogP contribution in [0.5, 0.6) is 5.75 Å². The summed E-state index contributed by atoms with van der Waals surface area (Å²) in [7, 11) is 0. The van der Waals surface area contributed by atoms with E-state index in [0.717, 1.165) is 0 Å². The van der Waals surface area contributed by atoms with E-state index < -0.39 is 17.7 Å². The van der Waals surface area contributed by atoms with Crippen LogP contribution >= 0.6 is 0 Å². The van der Waals surface area contributed by atoms with E-state index in [4.69, 9.17) is 15.7 Å². The van der Waals surface area contributed by atoms with Gasteiger partial charge < -0.3 is 10.5 Å². The number of hydroxylamine groups is 1. The molecule has 2 aromatic carbocycles.